The van der Waals surface area contributed by atoms with Crippen LogP contribution in [0.15, 0.2) is 72.9 Å². The lowest BCUT2D eigenvalue weighted by Gasteiger charge is -2.19. The van der Waals surface area contributed by atoms with E-state index in [0.717, 1.165) is 83.5 Å². The highest BCUT2D eigenvalue weighted by molar-refractivity contribution is 7.47. The molecule has 0 aromatic rings. The highest BCUT2D eigenvalue weighted by Gasteiger charge is 2.26. The fourth-order valence-electron chi connectivity index (χ4n) is 10.8. The van der Waals surface area contributed by atoms with Gasteiger partial charge in [-0.3, -0.25) is 18.6 Å². The minimum absolute atomic E-state index is 0.0516. The maximum Gasteiger partial charge on any atom is 0.472 e. The lowest BCUT2D eigenvalue weighted by atomic mass is 10.0. The van der Waals surface area contributed by atoms with E-state index in [1.807, 2.05) is 0 Å². The molecule has 0 aliphatic heterocycles. The zero-order valence-corrected chi connectivity index (χ0v) is 56.7. The van der Waals surface area contributed by atoms with Gasteiger partial charge < -0.3 is 20.1 Å². The van der Waals surface area contributed by atoms with Crippen LogP contribution in [0.5, 0.6) is 0 Å². The van der Waals surface area contributed by atoms with Gasteiger partial charge in [-0.15, -0.1) is 0 Å². The molecule has 3 N–H and O–H groups in total. The van der Waals surface area contributed by atoms with Gasteiger partial charge in [0.25, 0.3) is 0 Å². The summed E-state index contributed by atoms with van der Waals surface area (Å²) >= 11 is 0. The van der Waals surface area contributed by atoms with Gasteiger partial charge in [0.1, 0.15) is 6.61 Å². The van der Waals surface area contributed by atoms with Gasteiger partial charge >= 0.3 is 19.8 Å². The van der Waals surface area contributed by atoms with Crippen molar-refractivity contribution in [3.63, 3.8) is 0 Å². The molecule has 0 rings (SSSR count). The first kappa shape index (κ1) is 82.5. The topological polar surface area (TPSA) is 134 Å². The second-order valence-corrected chi connectivity index (χ2v) is 25.9. The molecule has 0 spiro atoms. The number of unbranched alkanes of at least 4 members (excludes halogenated alkanes) is 44. The minimum Gasteiger partial charge on any atom is -0.462 e. The Balaban J connectivity index is 3.83. The van der Waals surface area contributed by atoms with Gasteiger partial charge in [0.15, 0.2) is 6.10 Å². The molecular formula is C75H138NO8P. The molecule has 0 aromatic carbocycles. The van der Waals surface area contributed by atoms with Gasteiger partial charge in [0.05, 0.1) is 13.2 Å². The molecule has 0 aromatic heterocycles. The summed E-state index contributed by atoms with van der Waals surface area (Å²) in [4.78, 5) is 35.4. The molecule has 10 heteroatoms. The van der Waals surface area contributed by atoms with E-state index < -0.39 is 26.5 Å². The third-order valence-electron chi connectivity index (χ3n) is 16.1. The number of esters is 2. The van der Waals surface area contributed by atoms with E-state index in [-0.39, 0.29) is 38.6 Å². The quantitative estimate of drug-likeness (QED) is 0.0264. The minimum atomic E-state index is -4.40. The Bertz CT molecular complexity index is 1620. The molecular weight excluding hydrogens is 1070 g/mol. The molecule has 2 unspecified atom stereocenters. The number of carbonyl (C=O) groups is 2. The predicted octanol–water partition coefficient (Wildman–Crippen LogP) is 24.0. The Kier molecular flexibility index (Phi) is 68.4. The summed E-state index contributed by atoms with van der Waals surface area (Å²) in [7, 11) is -4.40. The zero-order valence-electron chi connectivity index (χ0n) is 55.8. The number of rotatable bonds is 69. The lowest BCUT2D eigenvalue weighted by molar-refractivity contribution is -0.161. The summed E-state index contributed by atoms with van der Waals surface area (Å²) in [6.45, 7) is 3.68. The number of carbonyl (C=O) groups excluding carboxylic acids is 2. The highest BCUT2D eigenvalue weighted by atomic mass is 31.2. The van der Waals surface area contributed by atoms with Gasteiger partial charge in [0, 0.05) is 19.4 Å². The molecule has 9 nitrogen and oxygen atoms in total. The Morgan fingerprint density at radius 3 is 0.965 bits per heavy atom. The summed E-state index contributed by atoms with van der Waals surface area (Å²) in [6, 6.07) is 0. The maximum absolute atomic E-state index is 12.8. The number of allylic oxidation sites excluding steroid dienone is 12. The van der Waals surface area contributed by atoms with Crippen LogP contribution in [0, 0.1) is 0 Å². The molecule has 0 saturated carbocycles. The summed E-state index contributed by atoms with van der Waals surface area (Å²) < 4.78 is 33.2. The van der Waals surface area contributed by atoms with Crippen LogP contribution in [0.1, 0.15) is 361 Å². The van der Waals surface area contributed by atoms with Crippen LogP contribution < -0.4 is 5.73 Å². The largest absolute Gasteiger partial charge is 0.472 e. The van der Waals surface area contributed by atoms with E-state index in [1.54, 1.807) is 0 Å². The summed E-state index contributed by atoms with van der Waals surface area (Å²) in [5.41, 5.74) is 5.40. The molecule has 2 atom stereocenters. The average molecular weight is 1210 g/mol. The lowest BCUT2D eigenvalue weighted by Crippen LogP contribution is -2.29. The smallest absolute Gasteiger partial charge is 0.462 e. The molecule has 0 aliphatic carbocycles. The SMILES string of the molecule is CC/C=C\C/C=C\C/C=C\C/C=C\C/C=C\C/C=C\CCCCCCCCCCCCC(=O)OC(COC(=O)CCCCCCCCCCCCCCCCCCCCCCCCCCCCCCCCCCCCC)COP(=O)(O)OCCN. The van der Waals surface area contributed by atoms with Gasteiger partial charge in [-0.1, -0.05) is 356 Å². The van der Waals surface area contributed by atoms with Gasteiger partial charge in [-0.25, -0.2) is 4.57 Å². The van der Waals surface area contributed by atoms with Crippen LogP contribution in [0.3, 0.4) is 0 Å². The second kappa shape index (κ2) is 70.5. The molecule has 0 fully saturated rings. The van der Waals surface area contributed by atoms with Crippen molar-refractivity contribution in [2.75, 3.05) is 26.4 Å². The number of ether oxygens (including phenoxy) is 2. The van der Waals surface area contributed by atoms with E-state index in [9.17, 15) is 19.0 Å². The normalized spacial score (nSPS) is 13.3. The maximum atomic E-state index is 12.8. The van der Waals surface area contributed by atoms with Crippen molar-refractivity contribution in [3.05, 3.63) is 72.9 Å². The van der Waals surface area contributed by atoms with Crippen molar-refractivity contribution in [3.8, 4) is 0 Å². The Morgan fingerprint density at radius 2 is 0.647 bits per heavy atom. The van der Waals surface area contributed by atoms with Crippen LogP contribution in [0.25, 0.3) is 0 Å². The van der Waals surface area contributed by atoms with Crippen molar-refractivity contribution in [2.45, 2.75) is 367 Å². The third-order valence-corrected chi connectivity index (χ3v) is 17.1. The first-order valence-electron chi connectivity index (χ1n) is 36.4. The highest BCUT2D eigenvalue weighted by Crippen LogP contribution is 2.43. The number of nitrogens with two attached hydrogens (primary N) is 1. The van der Waals surface area contributed by atoms with Crippen LogP contribution >= 0.6 is 7.82 Å². The number of phosphoric ester groups is 1. The molecule has 0 heterocycles. The summed E-state index contributed by atoms with van der Waals surface area (Å²) in [5, 5.41) is 0. The fourth-order valence-corrected chi connectivity index (χ4v) is 11.5. The Hall–Kier alpha value is -2.55. The van der Waals surface area contributed by atoms with Crippen LogP contribution in [-0.2, 0) is 32.7 Å². The van der Waals surface area contributed by atoms with E-state index in [4.69, 9.17) is 24.3 Å². The summed E-state index contributed by atoms with van der Waals surface area (Å²) in [5.74, 6) is -0.819. The first-order chi connectivity index (χ1) is 41.8. The first-order valence-corrected chi connectivity index (χ1v) is 37.9. The molecule has 0 radical (unpaired) electrons. The Morgan fingerprint density at radius 1 is 0.365 bits per heavy atom. The van der Waals surface area contributed by atoms with Crippen molar-refractivity contribution in [1.29, 1.82) is 0 Å². The van der Waals surface area contributed by atoms with Crippen molar-refractivity contribution in [1.82, 2.24) is 0 Å². The van der Waals surface area contributed by atoms with E-state index in [1.165, 1.54) is 244 Å². The van der Waals surface area contributed by atoms with Crippen LogP contribution in [0.4, 0.5) is 0 Å². The monoisotopic (exact) mass is 1210 g/mol. The van der Waals surface area contributed by atoms with Crippen molar-refractivity contribution >= 4 is 19.8 Å². The molecule has 496 valence electrons. The molecule has 0 bridgehead atoms. The van der Waals surface area contributed by atoms with Gasteiger partial charge in [-0.05, 0) is 64.2 Å². The molecule has 85 heavy (non-hydrogen) atoms. The van der Waals surface area contributed by atoms with Crippen LogP contribution in [0.2, 0.25) is 0 Å². The molecule has 0 aliphatic rings. The van der Waals surface area contributed by atoms with E-state index >= 15 is 0 Å². The summed E-state index contributed by atoms with van der Waals surface area (Å²) in [6.07, 6.45) is 93.0. The third kappa shape index (κ3) is 70.4. The number of phosphoric acid groups is 1. The van der Waals surface area contributed by atoms with Gasteiger partial charge in [0.2, 0.25) is 0 Å². The zero-order chi connectivity index (χ0) is 61.6. The van der Waals surface area contributed by atoms with E-state index in [0.29, 0.717) is 6.42 Å². The molecule has 0 saturated heterocycles. The van der Waals surface area contributed by atoms with Crippen LogP contribution in [-0.4, -0.2) is 49.3 Å². The molecule has 0 amide bonds. The van der Waals surface area contributed by atoms with Crippen molar-refractivity contribution in [2.24, 2.45) is 5.73 Å². The van der Waals surface area contributed by atoms with Gasteiger partial charge in [-0.2, -0.15) is 0 Å². The predicted molar refractivity (Wildman–Crippen MR) is 367 cm³/mol. The second-order valence-electron chi connectivity index (χ2n) is 24.4. The fraction of sp³-hybridized carbons (Fsp3) is 0.813. The standard InChI is InChI=1S/C75H138NO8P/c1-3-5-7-9-11-13-15-17-19-21-23-25-27-29-31-33-34-35-36-37-38-40-41-43-45-47-49-51-53-55-57-59-61-63-65-67-74(77)81-71-73(72-83-85(79,80)82-70-69-76)84-75(78)68-66-64-62-60-58-56-54-52-50-48-46-44-42-39-32-30-28-26-24-22-20-18-16-14-12-10-8-6-4-2/h6,8,12,14,18,20,24,26,30,32,42,44,73H,3-5,7,9-11,13,15-17,19,21-23,25,27-29,31,33-41,43,45-72,76H2,1-2H3,(H,79,80)/b8-6-,14-12-,20-18-,26-24-,32-30-,44-42-. The average Bonchev–Trinajstić information content (AvgIpc) is 3.52. The van der Waals surface area contributed by atoms with Crippen molar-refractivity contribution < 1.29 is 37.6 Å². The van der Waals surface area contributed by atoms with E-state index in [2.05, 4.69) is 86.8 Å². The Labute approximate surface area is 526 Å². The number of hydrogen-bond acceptors (Lipinski definition) is 8. The number of hydrogen-bond donors (Lipinski definition) is 2.